The second-order valence-electron chi connectivity index (χ2n) is 8.21. The van der Waals surface area contributed by atoms with Gasteiger partial charge in [-0.1, -0.05) is 35.9 Å². The van der Waals surface area contributed by atoms with Crippen LogP contribution in [0.1, 0.15) is 41.1 Å². The van der Waals surface area contributed by atoms with Crippen LogP contribution in [-0.2, 0) is 4.79 Å². The number of benzene rings is 1. The zero-order valence-electron chi connectivity index (χ0n) is 18.1. The van der Waals surface area contributed by atoms with Crippen LogP contribution in [0.5, 0.6) is 0 Å². The molecule has 0 saturated carbocycles. The van der Waals surface area contributed by atoms with Gasteiger partial charge in [0.15, 0.2) is 0 Å². The Bertz CT molecular complexity index is 1080. The quantitative estimate of drug-likeness (QED) is 0.551. The summed E-state index contributed by atoms with van der Waals surface area (Å²) < 4.78 is 0. The van der Waals surface area contributed by atoms with Crippen LogP contribution in [0.25, 0.3) is 12.2 Å². The Labute approximate surface area is 194 Å². The van der Waals surface area contributed by atoms with Crippen LogP contribution >= 0.6 is 11.6 Å². The Morgan fingerprint density at radius 3 is 2.59 bits per heavy atom. The maximum Gasteiger partial charge on any atom is 0.211 e. The van der Waals surface area contributed by atoms with E-state index in [1.54, 1.807) is 24.5 Å². The van der Waals surface area contributed by atoms with Gasteiger partial charge in [0.25, 0.3) is 0 Å². The number of carbonyl (C=O) groups is 1. The van der Waals surface area contributed by atoms with E-state index in [-0.39, 0.29) is 0 Å². The van der Waals surface area contributed by atoms with Crippen LogP contribution in [0.4, 0.5) is 5.69 Å². The number of hydrogen-bond donors (Lipinski definition) is 1. The lowest BCUT2D eigenvalue weighted by molar-refractivity contribution is -0.105. The summed E-state index contributed by atoms with van der Waals surface area (Å²) in [5.74, 6) is 1.00. The van der Waals surface area contributed by atoms with Gasteiger partial charge in [-0.05, 0) is 85.9 Å². The van der Waals surface area contributed by atoms with E-state index in [1.807, 2.05) is 18.3 Å². The maximum absolute atomic E-state index is 9.84. The van der Waals surface area contributed by atoms with Gasteiger partial charge in [-0.2, -0.15) is 0 Å². The van der Waals surface area contributed by atoms with E-state index >= 15 is 0 Å². The minimum atomic E-state index is 0.363. The normalized spacial score (nSPS) is 17.9. The molecule has 1 N–H and O–H groups in total. The van der Waals surface area contributed by atoms with Gasteiger partial charge in [-0.15, -0.1) is 0 Å². The molecular formula is C26H27ClN4O. The number of aromatic nitrogens is 2. The molecule has 0 spiro atoms. The summed E-state index contributed by atoms with van der Waals surface area (Å²) in [6, 6.07) is 14.0. The standard InChI is InChI=1S/C20H21ClN2.C6H6N2O/c1-23-11-8-14(9-12-23)19-18-7-6-17(21)13-16(18)5-4-15-3-2-10-22-20(15)19;9-5-8-6-2-1-3-7-4-6/h2-7,10,13-14,19H,8-9,11-12H2,1H3;1-5H,(H,8,9). The molecule has 1 aromatic carbocycles. The highest BCUT2D eigenvalue weighted by atomic mass is 35.5. The van der Waals surface area contributed by atoms with Gasteiger partial charge in [0.05, 0.1) is 17.6 Å². The Kier molecular flexibility index (Phi) is 7.30. The van der Waals surface area contributed by atoms with Crippen molar-refractivity contribution >= 4 is 35.9 Å². The number of fused-ring (bicyclic) bond motifs is 2. The SMILES string of the molecule is CN1CCC(C2c3ccc(Cl)cc3C=Cc3cccnc32)CC1.O=CNc1cccnc1. The summed E-state index contributed by atoms with van der Waals surface area (Å²) in [5.41, 5.74) is 5.78. The Hall–Kier alpha value is -3.02. The van der Waals surface area contributed by atoms with E-state index in [1.165, 1.54) is 48.3 Å². The predicted octanol–water partition coefficient (Wildman–Crippen LogP) is 5.34. The van der Waals surface area contributed by atoms with Crippen LogP contribution in [-0.4, -0.2) is 41.4 Å². The first-order valence-electron chi connectivity index (χ1n) is 10.9. The van der Waals surface area contributed by atoms with E-state index in [4.69, 9.17) is 16.6 Å². The average molecular weight is 447 g/mol. The van der Waals surface area contributed by atoms with Crippen molar-refractivity contribution < 1.29 is 4.79 Å². The summed E-state index contributed by atoms with van der Waals surface area (Å²) >= 11 is 6.24. The molecule has 3 heterocycles. The third-order valence-electron chi connectivity index (χ3n) is 6.11. The van der Waals surface area contributed by atoms with Crippen molar-refractivity contribution in [3.8, 4) is 0 Å². The lowest BCUT2D eigenvalue weighted by atomic mass is 9.76. The highest BCUT2D eigenvalue weighted by Crippen LogP contribution is 2.42. The number of amides is 1. The van der Waals surface area contributed by atoms with Crippen LogP contribution in [0.2, 0.25) is 5.02 Å². The second-order valence-corrected chi connectivity index (χ2v) is 8.64. The van der Waals surface area contributed by atoms with Crippen LogP contribution < -0.4 is 5.32 Å². The van der Waals surface area contributed by atoms with Gasteiger partial charge in [-0.3, -0.25) is 14.8 Å². The minimum absolute atomic E-state index is 0.363. The zero-order chi connectivity index (χ0) is 22.3. The number of pyridine rings is 2. The number of hydrogen-bond acceptors (Lipinski definition) is 4. The summed E-state index contributed by atoms with van der Waals surface area (Å²) in [5, 5.41) is 3.26. The molecule has 0 radical (unpaired) electrons. The Morgan fingerprint density at radius 1 is 1.06 bits per heavy atom. The number of halogens is 1. The van der Waals surface area contributed by atoms with E-state index in [0.717, 1.165) is 5.02 Å². The average Bonchev–Trinajstić information content (AvgIpc) is 2.98. The summed E-state index contributed by atoms with van der Waals surface area (Å²) in [7, 11) is 2.21. The number of nitrogens with zero attached hydrogens (tertiary/aromatic N) is 3. The number of carbonyl (C=O) groups excluding carboxylic acids is 1. The third-order valence-corrected chi connectivity index (χ3v) is 6.35. The highest BCUT2D eigenvalue weighted by Gasteiger charge is 2.32. The topological polar surface area (TPSA) is 58.1 Å². The molecule has 32 heavy (non-hydrogen) atoms. The highest BCUT2D eigenvalue weighted by molar-refractivity contribution is 6.30. The van der Waals surface area contributed by atoms with Crippen molar-refractivity contribution in [1.29, 1.82) is 0 Å². The van der Waals surface area contributed by atoms with Crippen molar-refractivity contribution in [2.75, 3.05) is 25.5 Å². The summed E-state index contributed by atoms with van der Waals surface area (Å²) in [6.07, 6.45) is 12.6. The Morgan fingerprint density at radius 2 is 1.84 bits per heavy atom. The number of piperidine rings is 1. The molecule has 5 nitrogen and oxygen atoms in total. The summed E-state index contributed by atoms with van der Waals surface area (Å²) in [4.78, 5) is 20.8. The molecule has 164 valence electrons. The number of anilines is 1. The first kappa shape index (κ1) is 22.2. The molecule has 1 unspecified atom stereocenters. The van der Waals surface area contributed by atoms with Gasteiger partial charge in [0.1, 0.15) is 0 Å². The Balaban J connectivity index is 0.000000230. The number of nitrogens with one attached hydrogen (secondary N) is 1. The van der Waals surface area contributed by atoms with Crippen molar-refractivity contribution in [1.82, 2.24) is 14.9 Å². The van der Waals surface area contributed by atoms with Crippen molar-refractivity contribution in [2.45, 2.75) is 18.8 Å². The molecular weight excluding hydrogens is 420 g/mol. The van der Waals surface area contributed by atoms with Crippen LogP contribution in [0, 0.1) is 5.92 Å². The minimum Gasteiger partial charge on any atom is -0.327 e. The molecule has 1 aliphatic carbocycles. The van der Waals surface area contributed by atoms with Crippen LogP contribution in [0.3, 0.4) is 0 Å². The van der Waals surface area contributed by atoms with E-state index in [9.17, 15) is 4.79 Å². The fraction of sp³-hybridized carbons (Fsp3) is 0.269. The monoisotopic (exact) mass is 446 g/mol. The fourth-order valence-electron chi connectivity index (χ4n) is 4.49. The number of rotatable bonds is 3. The van der Waals surface area contributed by atoms with Crippen LogP contribution in [0.15, 0.2) is 61.1 Å². The molecule has 2 aliphatic rings. The molecule has 2 aromatic heterocycles. The van der Waals surface area contributed by atoms with Gasteiger partial charge >= 0.3 is 0 Å². The largest absolute Gasteiger partial charge is 0.327 e. The fourth-order valence-corrected chi connectivity index (χ4v) is 4.67. The molecule has 6 heteroatoms. The number of likely N-dealkylation sites (tertiary alicyclic amines) is 1. The molecule has 1 amide bonds. The van der Waals surface area contributed by atoms with Gasteiger partial charge in [0, 0.05) is 23.3 Å². The first-order valence-corrected chi connectivity index (χ1v) is 11.2. The van der Waals surface area contributed by atoms with E-state index < -0.39 is 0 Å². The van der Waals surface area contributed by atoms with E-state index in [0.29, 0.717) is 23.9 Å². The van der Waals surface area contributed by atoms with Crippen molar-refractivity contribution in [3.63, 3.8) is 0 Å². The molecule has 1 saturated heterocycles. The third kappa shape index (κ3) is 5.23. The van der Waals surface area contributed by atoms with Crippen molar-refractivity contribution in [2.24, 2.45) is 5.92 Å². The molecule has 1 atom stereocenters. The van der Waals surface area contributed by atoms with Gasteiger partial charge in [-0.25, -0.2) is 0 Å². The van der Waals surface area contributed by atoms with Gasteiger partial charge < -0.3 is 10.2 Å². The first-order chi connectivity index (χ1) is 15.7. The molecule has 1 fully saturated rings. The van der Waals surface area contributed by atoms with Crippen molar-refractivity contribution in [3.05, 3.63) is 88.5 Å². The smallest absolute Gasteiger partial charge is 0.211 e. The predicted molar refractivity (Wildman–Crippen MR) is 131 cm³/mol. The molecule has 5 rings (SSSR count). The lowest BCUT2D eigenvalue weighted by Crippen LogP contribution is -2.33. The van der Waals surface area contributed by atoms with E-state index in [2.05, 4.69) is 52.6 Å². The molecule has 3 aromatic rings. The maximum atomic E-state index is 9.84. The van der Waals surface area contributed by atoms with Gasteiger partial charge in [0.2, 0.25) is 6.41 Å². The molecule has 0 bridgehead atoms. The summed E-state index contributed by atoms with van der Waals surface area (Å²) in [6.45, 7) is 2.33. The molecule has 1 aliphatic heterocycles. The second kappa shape index (κ2) is 10.5. The lowest BCUT2D eigenvalue weighted by Gasteiger charge is -2.35. The zero-order valence-corrected chi connectivity index (χ0v) is 18.9.